The van der Waals surface area contributed by atoms with E-state index in [-0.39, 0.29) is 5.82 Å². The van der Waals surface area contributed by atoms with E-state index in [9.17, 15) is 4.39 Å². The lowest BCUT2D eigenvalue weighted by atomic mass is 10.1. The van der Waals surface area contributed by atoms with Crippen molar-refractivity contribution in [1.82, 2.24) is 44.9 Å². The van der Waals surface area contributed by atoms with Crippen molar-refractivity contribution in [3.63, 3.8) is 0 Å². The van der Waals surface area contributed by atoms with Gasteiger partial charge in [-0.05, 0) is 69.6 Å². The molecule has 0 aliphatic carbocycles. The predicted molar refractivity (Wildman–Crippen MR) is 160 cm³/mol. The number of fused-ring (bicyclic) bond motifs is 2. The quantitative estimate of drug-likeness (QED) is 0.235. The van der Waals surface area contributed by atoms with E-state index in [0.29, 0.717) is 34.8 Å². The minimum Gasteiger partial charge on any atom is -0.384 e. The van der Waals surface area contributed by atoms with Crippen LogP contribution in [0.15, 0.2) is 61.3 Å². The maximum Gasteiger partial charge on any atom is 0.159 e. The number of aromatic nitrogens is 7. The number of nitrogens with one attached hydrogen (secondary N) is 3. The number of H-pyrrole nitrogens is 2. The molecule has 5 aromatic heterocycles. The smallest absolute Gasteiger partial charge is 0.159 e. The van der Waals surface area contributed by atoms with Crippen LogP contribution in [-0.2, 0) is 6.54 Å². The summed E-state index contributed by atoms with van der Waals surface area (Å²) in [5.41, 5.74) is 7.82. The Kier molecular flexibility index (Phi) is 7.12. The molecule has 0 saturated heterocycles. The van der Waals surface area contributed by atoms with Crippen LogP contribution in [0.1, 0.15) is 5.56 Å². The van der Waals surface area contributed by atoms with Crippen molar-refractivity contribution in [2.24, 2.45) is 0 Å². The number of hydrogen-bond acceptors (Lipinski definition) is 8. The molecular weight excluding hydrogens is 519 g/mol. The van der Waals surface area contributed by atoms with Crippen molar-refractivity contribution in [2.45, 2.75) is 6.54 Å². The van der Waals surface area contributed by atoms with Gasteiger partial charge in [0.05, 0.1) is 34.6 Å². The number of imidazole rings is 1. The van der Waals surface area contributed by atoms with Crippen LogP contribution < -0.4 is 5.32 Å². The summed E-state index contributed by atoms with van der Waals surface area (Å²) in [5, 5.41) is 11.8. The number of pyridine rings is 3. The second kappa shape index (κ2) is 11.0. The Bertz CT molecular complexity index is 1840. The molecule has 0 unspecified atom stereocenters. The van der Waals surface area contributed by atoms with Gasteiger partial charge in [-0.2, -0.15) is 5.10 Å². The average Bonchev–Trinajstić information content (AvgIpc) is 3.56. The third kappa shape index (κ3) is 5.63. The molecule has 41 heavy (non-hydrogen) atoms. The van der Waals surface area contributed by atoms with Crippen LogP contribution in [0.3, 0.4) is 0 Å². The molecule has 0 fully saturated rings. The molecule has 0 saturated carbocycles. The normalized spacial score (nSPS) is 11.8. The van der Waals surface area contributed by atoms with Gasteiger partial charge in [0.25, 0.3) is 0 Å². The van der Waals surface area contributed by atoms with Crippen molar-refractivity contribution >= 4 is 27.6 Å². The van der Waals surface area contributed by atoms with Gasteiger partial charge < -0.3 is 20.1 Å². The van der Waals surface area contributed by atoms with E-state index in [0.717, 1.165) is 51.9 Å². The Morgan fingerprint density at radius 3 is 2.54 bits per heavy atom. The van der Waals surface area contributed by atoms with E-state index < -0.39 is 0 Å². The van der Waals surface area contributed by atoms with Crippen LogP contribution in [0.2, 0.25) is 0 Å². The van der Waals surface area contributed by atoms with Crippen molar-refractivity contribution < 1.29 is 4.39 Å². The number of likely N-dealkylation sites (N-methyl/N-ethyl adjacent to an activating group) is 1. The van der Waals surface area contributed by atoms with Crippen molar-refractivity contribution in [1.29, 1.82) is 0 Å². The Balaban J connectivity index is 1.37. The van der Waals surface area contributed by atoms with Crippen molar-refractivity contribution in [3.05, 3.63) is 72.7 Å². The molecule has 0 aliphatic heterocycles. The molecule has 6 aromatic rings. The Hall–Kier alpha value is -4.74. The van der Waals surface area contributed by atoms with Gasteiger partial charge in [-0.3, -0.25) is 20.1 Å². The maximum absolute atomic E-state index is 14.6. The fourth-order valence-corrected chi connectivity index (χ4v) is 4.86. The molecule has 3 N–H and O–H groups in total. The van der Waals surface area contributed by atoms with E-state index in [2.05, 4.69) is 51.3 Å². The van der Waals surface area contributed by atoms with Gasteiger partial charge in [0.2, 0.25) is 0 Å². The minimum atomic E-state index is -0.329. The molecule has 208 valence electrons. The second-order valence-electron chi connectivity index (χ2n) is 10.6. The van der Waals surface area contributed by atoms with E-state index >= 15 is 0 Å². The van der Waals surface area contributed by atoms with Gasteiger partial charge in [-0.1, -0.05) is 0 Å². The Morgan fingerprint density at radius 2 is 1.71 bits per heavy atom. The molecule has 5 heterocycles. The molecule has 0 atom stereocenters. The summed E-state index contributed by atoms with van der Waals surface area (Å²) in [5.74, 6) is 0.253. The second-order valence-corrected chi connectivity index (χ2v) is 10.6. The molecular formula is C30H31FN10. The van der Waals surface area contributed by atoms with Gasteiger partial charge in [-0.25, -0.2) is 9.37 Å². The zero-order valence-electron chi connectivity index (χ0n) is 23.4. The lowest BCUT2D eigenvalue weighted by molar-refractivity contribution is 0.402. The first kappa shape index (κ1) is 26.5. The highest BCUT2D eigenvalue weighted by Gasteiger charge is 2.17. The molecule has 10 nitrogen and oxygen atoms in total. The first-order chi connectivity index (χ1) is 19.8. The Morgan fingerprint density at radius 1 is 0.854 bits per heavy atom. The predicted octanol–water partition coefficient (Wildman–Crippen LogP) is 4.80. The fourth-order valence-electron chi connectivity index (χ4n) is 4.86. The summed E-state index contributed by atoms with van der Waals surface area (Å²) in [6.45, 7) is 2.32. The molecule has 0 radical (unpaired) electrons. The number of nitrogens with zero attached hydrogens (tertiary/aromatic N) is 7. The number of halogens is 1. The van der Waals surface area contributed by atoms with Crippen LogP contribution in [-0.4, -0.2) is 86.2 Å². The average molecular weight is 551 g/mol. The van der Waals surface area contributed by atoms with Crippen molar-refractivity contribution in [2.75, 3.05) is 46.6 Å². The highest BCUT2D eigenvalue weighted by Crippen LogP contribution is 2.33. The van der Waals surface area contributed by atoms with Gasteiger partial charge in [0, 0.05) is 60.4 Å². The maximum atomic E-state index is 14.6. The topological polar surface area (TPSA) is 115 Å². The number of rotatable bonds is 9. The van der Waals surface area contributed by atoms with Gasteiger partial charge in [-0.15, -0.1) is 0 Å². The van der Waals surface area contributed by atoms with E-state index in [1.165, 1.54) is 12.1 Å². The highest BCUT2D eigenvalue weighted by molar-refractivity contribution is 5.97. The zero-order chi connectivity index (χ0) is 28.5. The summed E-state index contributed by atoms with van der Waals surface area (Å²) < 4.78 is 14.6. The standard InChI is InChI=1S/C30H31FN10/c1-40(2)6-5-34-22-9-19(8-21(31)10-22)24-14-33-15-27-28(24)37-30(36-27)29-23-11-25(35-16-26(23)38-39-29)20-7-18(12-32-13-20)17-41(3)4/h7-16,34H,5-6,17H2,1-4H3,(H,36,37)(H,38,39). The van der Waals surface area contributed by atoms with E-state index in [1.54, 1.807) is 18.6 Å². The van der Waals surface area contributed by atoms with Crippen LogP contribution in [0, 0.1) is 5.82 Å². The highest BCUT2D eigenvalue weighted by atomic mass is 19.1. The van der Waals surface area contributed by atoms with Crippen LogP contribution in [0.5, 0.6) is 0 Å². The molecule has 6 rings (SSSR count). The van der Waals surface area contributed by atoms with E-state index in [4.69, 9.17) is 4.98 Å². The largest absolute Gasteiger partial charge is 0.384 e. The summed E-state index contributed by atoms with van der Waals surface area (Å²) >= 11 is 0. The van der Waals surface area contributed by atoms with Gasteiger partial charge in [0.15, 0.2) is 5.82 Å². The number of benzene rings is 1. The molecule has 1 aromatic carbocycles. The lowest BCUT2D eigenvalue weighted by Gasteiger charge is -2.12. The molecule has 0 bridgehead atoms. The molecule has 11 heteroatoms. The summed E-state index contributed by atoms with van der Waals surface area (Å²) in [6.07, 6.45) is 8.88. The van der Waals surface area contributed by atoms with Gasteiger partial charge in [0.1, 0.15) is 11.5 Å². The summed E-state index contributed by atoms with van der Waals surface area (Å²) in [6, 6.07) is 9.01. The lowest BCUT2D eigenvalue weighted by Crippen LogP contribution is -2.20. The van der Waals surface area contributed by atoms with E-state index in [1.807, 2.05) is 52.7 Å². The van der Waals surface area contributed by atoms with Crippen LogP contribution in [0.4, 0.5) is 10.1 Å². The SMILES string of the molecule is CN(C)CCNc1cc(F)cc(-c2cncc3[nH]c(-c4n[nH]c5cnc(-c6cncc(CN(C)C)c6)cc45)nc23)c1. The van der Waals surface area contributed by atoms with Gasteiger partial charge >= 0.3 is 0 Å². The molecule has 0 spiro atoms. The monoisotopic (exact) mass is 550 g/mol. The summed E-state index contributed by atoms with van der Waals surface area (Å²) in [7, 11) is 8.06. The molecule has 0 amide bonds. The summed E-state index contributed by atoms with van der Waals surface area (Å²) in [4.78, 5) is 25.9. The first-order valence-corrected chi connectivity index (χ1v) is 13.3. The fraction of sp³-hybridized carbons (Fsp3) is 0.233. The number of hydrogen-bond donors (Lipinski definition) is 3. The minimum absolute atomic E-state index is 0.329. The number of anilines is 1. The zero-order valence-corrected chi connectivity index (χ0v) is 23.4. The number of aromatic amines is 2. The molecule has 0 aliphatic rings. The third-order valence-electron chi connectivity index (χ3n) is 6.75. The Labute approximate surface area is 236 Å². The van der Waals surface area contributed by atoms with Crippen molar-refractivity contribution in [3.8, 4) is 33.9 Å². The third-order valence-corrected chi connectivity index (χ3v) is 6.75. The van der Waals surface area contributed by atoms with Crippen LogP contribution >= 0.6 is 0 Å². The van der Waals surface area contributed by atoms with Crippen LogP contribution in [0.25, 0.3) is 55.8 Å². The first-order valence-electron chi connectivity index (χ1n) is 13.3.